The quantitative estimate of drug-likeness (QED) is 0.559. The molecule has 0 amide bonds. The normalized spacial score (nSPS) is 25.7. The number of nitrogens with zero attached hydrogens (tertiary/aromatic N) is 2. The largest absolute Gasteiger partial charge is 0.469 e. The lowest BCUT2D eigenvalue weighted by Gasteiger charge is -2.11. The first-order chi connectivity index (χ1) is 6.20. The summed E-state index contributed by atoms with van der Waals surface area (Å²) in [6.45, 7) is 0.187. The van der Waals surface area contributed by atoms with Gasteiger partial charge < -0.3 is 9.47 Å². The van der Waals surface area contributed by atoms with Gasteiger partial charge in [-0.3, -0.25) is 4.79 Å². The first-order valence-electron chi connectivity index (χ1n) is 3.73. The highest BCUT2D eigenvalue weighted by atomic mass is 16.5. The van der Waals surface area contributed by atoms with Crippen LogP contribution in [-0.2, 0) is 19.1 Å². The van der Waals surface area contributed by atoms with E-state index in [9.17, 15) is 9.59 Å². The van der Waals surface area contributed by atoms with Crippen molar-refractivity contribution in [1.82, 2.24) is 0 Å². The van der Waals surface area contributed by atoms with E-state index in [1.54, 1.807) is 0 Å². The number of rotatable bonds is 2. The average Bonchev–Trinajstić information content (AvgIpc) is 2.63. The third kappa shape index (κ3) is 1.82. The standard InChI is InChI=1S/C7H10N2O4/c1-12-6(10)4-3-8-9-5(4)7(11)13-2/h4-5H,3H2,1-2H3. The van der Waals surface area contributed by atoms with Crippen molar-refractivity contribution in [2.45, 2.75) is 6.04 Å². The zero-order valence-electron chi connectivity index (χ0n) is 7.39. The van der Waals surface area contributed by atoms with Crippen molar-refractivity contribution in [3.8, 4) is 0 Å². The molecule has 0 aromatic carbocycles. The summed E-state index contributed by atoms with van der Waals surface area (Å²) in [7, 11) is 2.50. The number of carbonyl (C=O) groups is 2. The smallest absolute Gasteiger partial charge is 0.333 e. The summed E-state index contributed by atoms with van der Waals surface area (Å²) in [6, 6.07) is -0.836. The second kappa shape index (κ2) is 3.97. The molecular formula is C7H10N2O4. The molecule has 2 unspecified atom stereocenters. The summed E-state index contributed by atoms with van der Waals surface area (Å²) in [6.07, 6.45) is 0. The maximum Gasteiger partial charge on any atom is 0.333 e. The van der Waals surface area contributed by atoms with Gasteiger partial charge in [0.25, 0.3) is 0 Å². The summed E-state index contributed by atoms with van der Waals surface area (Å²) in [5.74, 6) is -1.67. The molecule has 1 aliphatic rings. The van der Waals surface area contributed by atoms with Crippen LogP contribution in [0.4, 0.5) is 0 Å². The van der Waals surface area contributed by atoms with Gasteiger partial charge in [0.2, 0.25) is 0 Å². The van der Waals surface area contributed by atoms with Crippen molar-refractivity contribution in [3.05, 3.63) is 0 Å². The minimum absolute atomic E-state index is 0.187. The number of azo groups is 1. The Kier molecular flexibility index (Phi) is 2.94. The highest BCUT2D eigenvalue weighted by Gasteiger charge is 2.39. The molecule has 0 spiro atoms. The molecule has 2 atom stereocenters. The van der Waals surface area contributed by atoms with Crippen LogP contribution in [0.25, 0.3) is 0 Å². The number of esters is 2. The number of carbonyl (C=O) groups excluding carboxylic acids is 2. The Morgan fingerprint density at radius 1 is 1.23 bits per heavy atom. The second-order valence-electron chi connectivity index (χ2n) is 2.54. The van der Waals surface area contributed by atoms with Gasteiger partial charge in [-0.05, 0) is 0 Å². The van der Waals surface area contributed by atoms with E-state index in [-0.39, 0.29) is 6.54 Å². The van der Waals surface area contributed by atoms with E-state index in [1.165, 1.54) is 14.2 Å². The van der Waals surface area contributed by atoms with Crippen LogP contribution in [-0.4, -0.2) is 38.7 Å². The van der Waals surface area contributed by atoms with E-state index >= 15 is 0 Å². The number of ether oxygens (including phenoxy) is 2. The van der Waals surface area contributed by atoms with Gasteiger partial charge in [-0.25, -0.2) is 4.79 Å². The third-order valence-electron chi connectivity index (χ3n) is 1.81. The molecule has 0 aromatic heterocycles. The lowest BCUT2D eigenvalue weighted by atomic mass is 10.0. The van der Waals surface area contributed by atoms with Crippen LogP contribution >= 0.6 is 0 Å². The molecule has 0 fully saturated rings. The van der Waals surface area contributed by atoms with Crippen molar-refractivity contribution in [1.29, 1.82) is 0 Å². The highest BCUT2D eigenvalue weighted by molar-refractivity contribution is 5.85. The van der Waals surface area contributed by atoms with Crippen LogP contribution in [0.15, 0.2) is 10.2 Å². The molecule has 6 heteroatoms. The highest BCUT2D eigenvalue weighted by Crippen LogP contribution is 2.18. The van der Waals surface area contributed by atoms with Crippen LogP contribution in [0.3, 0.4) is 0 Å². The predicted molar refractivity (Wildman–Crippen MR) is 41.0 cm³/mol. The Hall–Kier alpha value is -1.46. The van der Waals surface area contributed by atoms with Crippen molar-refractivity contribution < 1.29 is 19.1 Å². The summed E-state index contributed by atoms with van der Waals surface area (Å²) in [4.78, 5) is 22.2. The summed E-state index contributed by atoms with van der Waals surface area (Å²) in [5.41, 5.74) is 0. The Labute approximate surface area is 74.9 Å². The molecule has 0 N–H and O–H groups in total. The third-order valence-corrected chi connectivity index (χ3v) is 1.81. The number of hydrogen-bond acceptors (Lipinski definition) is 6. The molecule has 0 bridgehead atoms. The fourth-order valence-corrected chi connectivity index (χ4v) is 1.09. The molecule has 1 rings (SSSR count). The molecule has 13 heavy (non-hydrogen) atoms. The summed E-state index contributed by atoms with van der Waals surface area (Å²) < 4.78 is 8.95. The molecule has 0 radical (unpaired) electrons. The van der Waals surface area contributed by atoms with E-state index in [0.717, 1.165) is 0 Å². The molecule has 0 aromatic rings. The van der Waals surface area contributed by atoms with E-state index in [2.05, 4.69) is 19.7 Å². The van der Waals surface area contributed by atoms with Crippen LogP contribution in [0, 0.1) is 5.92 Å². The molecule has 0 saturated heterocycles. The Morgan fingerprint density at radius 2 is 1.85 bits per heavy atom. The van der Waals surface area contributed by atoms with Crippen molar-refractivity contribution in [3.63, 3.8) is 0 Å². The topological polar surface area (TPSA) is 77.3 Å². The lowest BCUT2D eigenvalue weighted by Crippen LogP contribution is -2.33. The van der Waals surface area contributed by atoms with Gasteiger partial charge in [-0.2, -0.15) is 10.2 Å². The van der Waals surface area contributed by atoms with Crippen LogP contribution in [0.1, 0.15) is 0 Å². The number of hydrogen-bond donors (Lipinski definition) is 0. The molecule has 0 saturated carbocycles. The molecule has 0 aliphatic carbocycles. The SMILES string of the molecule is COC(=O)C1CN=NC1C(=O)OC. The van der Waals surface area contributed by atoms with E-state index in [4.69, 9.17) is 0 Å². The zero-order chi connectivity index (χ0) is 9.84. The lowest BCUT2D eigenvalue weighted by molar-refractivity contribution is -0.152. The van der Waals surface area contributed by atoms with Crippen LogP contribution in [0.5, 0.6) is 0 Å². The zero-order valence-corrected chi connectivity index (χ0v) is 7.39. The van der Waals surface area contributed by atoms with Crippen LogP contribution < -0.4 is 0 Å². The van der Waals surface area contributed by atoms with E-state index in [1.807, 2.05) is 0 Å². The van der Waals surface area contributed by atoms with Gasteiger partial charge in [-0.1, -0.05) is 0 Å². The van der Waals surface area contributed by atoms with Gasteiger partial charge in [0.1, 0.15) is 5.92 Å². The minimum atomic E-state index is -0.836. The average molecular weight is 186 g/mol. The second-order valence-corrected chi connectivity index (χ2v) is 2.54. The van der Waals surface area contributed by atoms with Gasteiger partial charge in [0.15, 0.2) is 6.04 Å². The van der Waals surface area contributed by atoms with Crippen molar-refractivity contribution in [2.24, 2.45) is 16.1 Å². The monoisotopic (exact) mass is 186 g/mol. The molecule has 1 aliphatic heterocycles. The molecule has 6 nitrogen and oxygen atoms in total. The Balaban J connectivity index is 2.67. The maximum absolute atomic E-state index is 11.1. The summed E-state index contributed by atoms with van der Waals surface area (Å²) >= 11 is 0. The minimum Gasteiger partial charge on any atom is -0.469 e. The first-order valence-corrected chi connectivity index (χ1v) is 3.73. The predicted octanol–water partition coefficient (Wildman–Crippen LogP) is -0.217. The van der Waals surface area contributed by atoms with Crippen LogP contribution in [0.2, 0.25) is 0 Å². The van der Waals surface area contributed by atoms with Gasteiger partial charge in [0.05, 0.1) is 20.8 Å². The molecular weight excluding hydrogens is 176 g/mol. The Morgan fingerprint density at radius 3 is 2.38 bits per heavy atom. The van der Waals surface area contributed by atoms with Crippen molar-refractivity contribution in [2.75, 3.05) is 20.8 Å². The number of methoxy groups -OCH3 is 2. The van der Waals surface area contributed by atoms with E-state index in [0.29, 0.717) is 0 Å². The van der Waals surface area contributed by atoms with Crippen molar-refractivity contribution >= 4 is 11.9 Å². The first kappa shape index (κ1) is 9.63. The maximum atomic E-state index is 11.1. The molecule has 72 valence electrons. The Bertz CT molecular complexity index is 251. The fraction of sp³-hybridized carbons (Fsp3) is 0.714. The molecule has 1 heterocycles. The van der Waals surface area contributed by atoms with Gasteiger partial charge >= 0.3 is 11.9 Å². The fourth-order valence-electron chi connectivity index (χ4n) is 1.09. The van der Waals surface area contributed by atoms with Gasteiger partial charge in [-0.15, -0.1) is 0 Å². The summed E-state index contributed by atoms with van der Waals surface area (Å²) in [5, 5.41) is 7.21. The van der Waals surface area contributed by atoms with E-state index < -0.39 is 23.9 Å². The van der Waals surface area contributed by atoms with Gasteiger partial charge in [0, 0.05) is 0 Å².